The molecular formula is C11H10O4S. The zero-order chi connectivity index (χ0) is 11.5. The van der Waals surface area contributed by atoms with Crippen molar-refractivity contribution in [2.75, 3.05) is 0 Å². The molecule has 3 N–H and O–H groups in total. The quantitative estimate of drug-likeness (QED) is 0.435. The van der Waals surface area contributed by atoms with Gasteiger partial charge in [-0.25, -0.2) is 0 Å². The summed E-state index contributed by atoms with van der Waals surface area (Å²) in [4.78, 5) is 0.411. The highest BCUT2D eigenvalue weighted by molar-refractivity contribution is 7.98. The van der Waals surface area contributed by atoms with Gasteiger partial charge in [-0.05, 0) is 18.2 Å². The summed E-state index contributed by atoms with van der Waals surface area (Å²) in [5, 5.41) is 28.1. The Morgan fingerprint density at radius 1 is 1.19 bits per heavy atom. The molecule has 0 saturated carbocycles. The molecule has 1 aromatic carbocycles. The summed E-state index contributed by atoms with van der Waals surface area (Å²) in [6, 6.07) is 6.07. The number of hydrogen-bond acceptors (Lipinski definition) is 5. The van der Waals surface area contributed by atoms with Crippen molar-refractivity contribution >= 4 is 11.8 Å². The van der Waals surface area contributed by atoms with Crippen LogP contribution in [0, 0.1) is 0 Å². The Morgan fingerprint density at radius 3 is 2.69 bits per heavy atom. The summed E-state index contributed by atoms with van der Waals surface area (Å²) in [5.74, 6) is 0.629. The van der Waals surface area contributed by atoms with Crippen molar-refractivity contribution in [2.45, 2.75) is 10.6 Å². The maximum absolute atomic E-state index is 9.54. The average Bonchev–Trinajstić information content (AvgIpc) is 2.74. The SMILES string of the molecule is Oc1cc(O)c(O)c(SCc2ccco2)c1. The first-order valence-corrected chi connectivity index (χ1v) is 5.55. The van der Waals surface area contributed by atoms with Gasteiger partial charge in [0, 0.05) is 6.07 Å². The average molecular weight is 238 g/mol. The van der Waals surface area contributed by atoms with E-state index in [1.54, 1.807) is 12.3 Å². The predicted octanol–water partition coefficient (Wildman–Crippen LogP) is 2.69. The minimum atomic E-state index is -0.332. The number of phenolic OH excluding ortho intramolecular Hbond substituents is 3. The van der Waals surface area contributed by atoms with Crippen molar-refractivity contribution in [3.05, 3.63) is 36.3 Å². The third-order valence-corrected chi connectivity index (χ3v) is 3.04. The highest BCUT2D eigenvalue weighted by Crippen LogP contribution is 2.40. The molecule has 16 heavy (non-hydrogen) atoms. The fourth-order valence-electron chi connectivity index (χ4n) is 1.23. The van der Waals surface area contributed by atoms with Crippen LogP contribution in [0.2, 0.25) is 0 Å². The molecule has 84 valence electrons. The second-order valence-electron chi connectivity index (χ2n) is 3.18. The highest BCUT2D eigenvalue weighted by Gasteiger charge is 2.10. The number of phenols is 3. The van der Waals surface area contributed by atoms with Crippen LogP contribution in [0.25, 0.3) is 0 Å². The van der Waals surface area contributed by atoms with Gasteiger partial charge in [0.05, 0.1) is 16.9 Å². The van der Waals surface area contributed by atoms with E-state index in [0.717, 1.165) is 11.8 Å². The minimum Gasteiger partial charge on any atom is -0.508 e. The maximum atomic E-state index is 9.54. The maximum Gasteiger partial charge on any atom is 0.171 e. The summed E-state index contributed by atoms with van der Waals surface area (Å²) in [6.45, 7) is 0. The lowest BCUT2D eigenvalue weighted by Gasteiger charge is -2.05. The van der Waals surface area contributed by atoms with Gasteiger partial charge in [0.15, 0.2) is 11.5 Å². The first-order chi connectivity index (χ1) is 7.66. The number of thioether (sulfide) groups is 1. The molecule has 1 heterocycles. The van der Waals surface area contributed by atoms with Crippen molar-refractivity contribution in [2.24, 2.45) is 0 Å². The number of benzene rings is 1. The van der Waals surface area contributed by atoms with Gasteiger partial charge in [-0.1, -0.05) is 0 Å². The van der Waals surface area contributed by atoms with E-state index in [9.17, 15) is 15.3 Å². The third-order valence-electron chi connectivity index (χ3n) is 1.99. The normalized spacial score (nSPS) is 10.5. The Bertz CT molecular complexity index is 479. The van der Waals surface area contributed by atoms with Gasteiger partial charge < -0.3 is 19.7 Å². The smallest absolute Gasteiger partial charge is 0.171 e. The largest absolute Gasteiger partial charge is 0.508 e. The summed E-state index contributed by atoms with van der Waals surface area (Å²) in [6.07, 6.45) is 1.57. The van der Waals surface area contributed by atoms with Crippen molar-refractivity contribution < 1.29 is 19.7 Å². The molecular weight excluding hydrogens is 228 g/mol. The molecule has 0 spiro atoms. The first-order valence-electron chi connectivity index (χ1n) is 4.57. The van der Waals surface area contributed by atoms with Gasteiger partial charge in [0.25, 0.3) is 0 Å². The Hall–Kier alpha value is -1.75. The highest BCUT2D eigenvalue weighted by atomic mass is 32.2. The Labute approximate surface area is 96.2 Å². The van der Waals surface area contributed by atoms with Crippen molar-refractivity contribution in [3.63, 3.8) is 0 Å². The Kier molecular flexibility index (Phi) is 2.96. The summed E-state index contributed by atoms with van der Waals surface area (Å²) >= 11 is 1.27. The van der Waals surface area contributed by atoms with Gasteiger partial charge in [-0.2, -0.15) is 0 Å². The minimum absolute atomic E-state index is 0.0859. The summed E-state index contributed by atoms with van der Waals surface area (Å²) < 4.78 is 5.13. The van der Waals surface area contributed by atoms with Crippen LogP contribution < -0.4 is 0 Å². The molecule has 0 saturated heterocycles. The molecule has 0 aliphatic rings. The van der Waals surface area contributed by atoms with Crippen molar-refractivity contribution in [1.82, 2.24) is 0 Å². The predicted molar refractivity (Wildman–Crippen MR) is 59.7 cm³/mol. The van der Waals surface area contributed by atoms with Gasteiger partial charge in [0.1, 0.15) is 11.5 Å². The van der Waals surface area contributed by atoms with Crippen LogP contribution in [0.1, 0.15) is 5.76 Å². The molecule has 0 radical (unpaired) electrons. The topological polar surface area (TPSA) is 73.8 Å². The van der Waals surface area contributed by atoms with Crippen molar-refractivity contribution in [1.29, 1.82) is 0 Å². The standard InChI is InChI=1S/C11H10O4S/c12-7-4-9(13)11(14)10(5-7)16-6-8-2-1-3-15-8/h1-5,12-14H,6H2. The molecule has 0 unspecified atom stereocenters. The summed E-state index contributed by atoms with van der Waals surface area (Å²) in [7, 11) is 0. The van der Waals surface area contributed by atoms with Gasteiger partial charge in [-0.3, -0.25) is 0 Å². The summed E-state index contributed by atoms with van der Waals surface area (Å²) in [5.41, 5.74) is 0. The van der Waals surface area contributed by atoms with Gasteiger partial charge in [0.2, 0.25) is 0 Å². The molecule has 4 nitrogen and oxygen atoms in total. The van der Waals surface area contributed by atoms with Crippen LogP contribution in [-0.4, -0.2) is 15.3 Å². The van der Waals surface area contributed by atoms with E-state index < -0.39 is 0 Å². The van der Waals surface area contributed by atoms with Crippen LogP contribution in [0.15, 0.2) is 39.8 Å². The lowest BCUT2D eigenvalue weighted by Crippen LogP contribution is -1.79. The molecule has 0 aliphatic heterocycles. The van der Waals surface area contributed by atoms with E-state index in [2.05, 4.69) is 0 Å². The van der Waals surface area contributed by atoms with E-state index in [-0.39, 0.29) is 17.2 Å². The van der Waals surface area contributed by atoms with E-state index in [4.69, 9.17) is 4.42 Å². The second-order valence-corrected chi connectivity index (χ2v) is 4.20. The van der Waals surface area contributed by atoms with Crippen LogP contribution in [0.5, 0.6) is 17.2 Å². The number of aromatic hydroxyl groups is 3. The number of furan rings is 1. The monoisotopic (exact) mass is 238 g/mol. The van der Waals surface area contributed by atoms with Crippen LogP contribution >= 0.6 is 11.8 Å². The molecule has 0 amide bonds. The zero-order valence-corrected chi connectivity index (χ0v) is 9.07. The molecule has 2 rings (SSSR count). The molecule has 0 aliphatic carbocycles. The van der Waals surface area contributed by atoms with Gasteiger partial charge in [-0.15, -0.1) is 11.8 Å². The third kappa shape index (κ3) is 2.25. The Balaban J connectivity index is 2.15. The molecule has 0 atom stereocenters. The molecule has 0 bridgehead atoms. The van der Waals surface area contributed by atoms with E-state index in [0.29, 0.717) is 10.6 Å². The molecule has 2 aromatic rings. The van der Waals surface area contributed by atoms with Crippen molar-refractivity contribution in [3.8, 4) is 17.2 Å². The van der Waals surface area contributed by atoms with E-state index >= 15 is 0 Å². The fourth-order valence-corrected chi connectivity index (χ4v) is 2.14. The Morgan fingerprint density at radius 2 is 2.00 bits per heavy atom. The van der Waals surface area contributed by atoms with E-state index in [1.807, 2.05) is 6.07 Å². The van der Waals surface area contributed by atoms with Gasteiger partial charge >= 0.3 is 0 Å². The molecule has 1 aromatic heterocycles. The molecule has 0 fully saturated rings. The number of rotatable bonds is 3. The lowest BCUT2D eigenvalue weighted by atomic mass is 10.3. The van der Waals surface area contributed by atoms with Crippen LogP contribution in [0.3, 0.4) is 0 Å². The van der Waals surface area contributed by atoms with Crippen LogP contribution in [0.4, 0.5) is 0 Å². The zero-order valence-electron chi connectivity index (χ0n) is 8.25. The lowest BCUT2D eigenvalue weighted by molar-refractivity contribution is 0.387. The number of hydrogen-bond donors (Lipinski definition) is 3. The molecule has 5 heteroatoms. The fraction of sp³-hybridized carbons (Fsp3) is 0.0909. The first kappa shape index (κ1) is 10.8. The van der Waals surface area contributed by atoms with E-state index in [1.165, 1.54) is 17.8 Å². The van der Waals surface area contributed by atoms with Crippen LogP contribution in [-0.2, 0) is 5.75 Å². The second kappa shape index (κ2) is 4.40.